The molecule has 1 unspecified atom stereocenters. The van der Waals surface area contributed by atoms with E-state index >= 15 is 0 Å². The minimum absolute atomic E-state index is 0.0836. The topological polar surface area (TPSA) is 138 Å². The predicted octanol–water partition coefficient (Wildman–Crippen LogP) is 4.71. The van der Waals surface area contributed by atoms with Crippen molar-refractivity contribution in [3.8, 4) is 0 Å². The Morgan fingerprint density at radius 1 is 1.05 bits per heavy atom. The molecule has 210 valence electrons. The lowest BCUT2D eigenvalue weighted by molar-refractivity contribution is -0.192. The number of pyridine rings is 1. The molecule has 0 radical (unpaired) electrons. The highest BCUT2D eigenvalue weighted by Crippen LogP contribution is 2.26. The third-order valence-electron chi connectivity index (χ3n) is 5.74. The Kier molecular flexibility index (Phi) is 9.90. The van der Waals surface area contributed by atoms with Gasteiger partial charge in [-0.05, 0) is 55.0 Å². The fraction of sp³-hybridized carbons (Fsp3) is 0.400. The van der Waals surface area contributed by atoms with E-state index in [0.29, 0.717) is 12.2 Å². The number of hydrogen-bond donors (Lipinski definition) is 3. The molecule has 0 spiro atoms. The van der Waals surface area contributed by atoms with Crippen molar-refractivity contribution in [2.45, 2.75) is 57.0 Å². The van der Waals surface area contributed by atoms with E-state index in [0.717, 1.165) is 61.9 Å². The number of alkyl halides is 3. The van der Waals surface area contributed by atoms with Crippen LogP contribution in [0.1, 0.15) is 53.7 Å². The molecule has 3 N–H and O–H groups in total. The van der Waals surface area contributed by atoms with Crippen LogP contribution in [0.3, 0.4) is 0 Å². The number of carbonyl (C=O) groups is 2. The second-order valence-electron chi connectivity index (χ2n) is 8.80. The van der Waals surface area contributed by atoms with E-state index in [1.807, 2.05) is 6.07 Å². The third kappa shape index (κ3) is 9.30. The number of aryl methyl sites for hydroxylation is 3. The Labute approximate surface area is 219 Å². The number of fused-ring (bicyclic) bond motifs is 1. The fourth-order valence-corrected chi connectivity index (χ4v) is 3.95. The van der Waals surface area contributed by atoms with Gasteiger partial charge in [-0.2, -0.15) is 18.2 Å². The van der Waals surface area contributed by atoms with E-state index in [-0.39, 0.29) is 24.3 Å². The summed E-state index contributed by atoms with van der Waals surface area (Å²) >= 11 is 0. The summed E-state index contributed by atoms with van der Waals surface area (Å²) in [5.41, 5.74) is 2.49. The first-order chi connectivity index (χ1) is 18.4. The van der Waals surface area contributed by atoms with E-state index in [2.05, 4.69) is 26.5 Å². The molecule has 4 rings (SSSR count). The van der Waals surface area contributed by atoms with E-state index in [9.17, 15) is 31.9 Å². The molecule has 3 aromatic rings. The number of halogens is 5. The molecule has 1 aromatic carbocycles. The van der Waals surface area contributed by atoms with E-state index < -0.39 is 35.7 Å². The van der Waals surface area contributed by atoms with Gasteiger partial charge >= 0.3 is 18.1 Å². The van der Waals surface area contributed by atoms with Crippen LogP contribution >= 0.6 is 0 Å². The summed E-state index contributed by atoms with van der Waals surface area (Å²) in [4.78, 5) is 29.2. The molecule has 0 saturated heterocycles. The molecule has 3 heterocycles. The van der Waals surface area contributed by atoms with Gasteiger partial charge in [0.15, 0.2) is 5.82 Å². The monoisotopic (exact) mass is 556 g/mol. The van der Waals surface area contributed by atoms with Crippen LogP contribution < -0.4 is 5.32 Å². The maximum atomic E-state index is 13.6. The Hall–Kier alpha value is -4.10. The van der Waals surface area contributed by atoms with Crippen molar-refractivity contribution in [1.82, 2.24) is 15.1 Å². The second kappa shape index (κ2) is 13.1. The van der Waals surface area contributed by atoms with Gasteiger partial charge in [0.1, 0.15) is 17.5 Å². The van der Waals surface area contributed by atoms with Crippen LogP contribution in [0, 0.1) is 11.6 Å². The number of anilines is 1. The molecular weight excluding hydrogens is 531 g/mol. The maximum Gasteiger partial charge on any atom is 0.490 e. The quantitative estimate of drug-likeness (QED) is 0.320. The smallest absolute Gasteiger partial charge is 0.481 e. The van der Waals surface area contributed by atoms with Crippen LogP contribution in [-0.4, -0.2) is 50.0 Å². The minimum atomic E-state index is -5.08. The average molecular weight is 556 g/mol. The molecule has 1 atom stereocenters. The van der Waals surface area contributed by atoms with Crippen molar-refractivity contribution < 1.29 is 46.3 Å². The van der Waals surface area contributed by atoms with Gasteiger partial charge in [-0.1, -0.05) is 11.2 Å². The highest BCUT2D eigenvalue weighted by atomic mass is 19.4. The molecular formula is C25H25F5N4O5. The second-order valence-corrected chi connectivity index (χ2v) is 8.80. The Bertz CT molecular complexity index is 1280. The first-order valence-corrected chi connectivity index (χ1v) is 11.9. The molecule has 0 bridgehead atoms. The van der Waals surface area contributed by atoms with E-state index in [1.165, 1.54) is 5.56 Å². The van der Waals surface area contributed by atoms with Gasteiger partial charge < -0.3 is 20.1 Å². The van der Waals surface area contributed by atoms with Crippen LogP contribution in [0.5, 0.6) is 0 Å². The summed E-state index contributed by atoms with van der Waals surface area (Å²) in [6.07, 6.45) is -1.02. The minimum Gasteiger partial charge on any atom is -0.481 e. The Balaban J connectivity index is 0.000000532. The number of nitrogens with one attached hydrogen (secondary N) is 1. The van der Waals surface area contributed by atoms with Crippen molar-refractivity contribution in [2.24, 2.45) is 0 Å². The zero-order chi connectivity index (χ0) is 28.6. The first-order valence-electron chi connectivity index (χ1n) is 11.9. The third-order valence-corrected chi connectivity index (χ3v) is 5.74. The van der Waals surface area contributed by atoms with Gasteiger partial charge in [-0.15, -0.1) is 0 Å². The molecule has 1 aliphatic heterocycles. The normalized spacial score (nSPS) is 13.5. The molecule has 0 saturated carbocycles. The Morgan fingerprint density at radius 2 is 1.74 bits per heavy atom. The van der Waals surface area contributed by atoms with Gasteiger partial charge in [0.25, 0.3) is 0 Å². The summed E-state index contributed by atoms with van der Waals surface area (Å²) in [5.74, 6) is -4.31. The number of aliphatic carboxylic acids is 2. The van der Waals surface area contributed by atoms with Gasteiger partial charge in [0, 0.05) is 37.1 Å². The standard InChI is InChI=1S/C23H24F2N4O3.C2HF3O2/c24-17-9-15(10-18(25)13-17)16(12-22(30)31)11-21-28-20(29-32-21)5-1-4-19-7-6-14-3-2-8-26-23(14)27-19;3-2(4,5)1(6)7/h6-7,9-10,13,16H,1-5,8,11-12H2,(H,26,27)(H,30,31);(H,6,7). The van der Waals surface area contributed by atoms with Gasteiger partial charge in [-0.25, -0.2) is 18.6 Å². The number of carboxylic acid groups (broad SMARTS) is 2. The van der Waals surface area contributed by atoms with Gasteiger partial charge in [-0.3, -0.25) is 4.79 Å². The van der Waals surface area contributed by atoms with Crippen molar-refractivity contribution >= 4 is 17.8 Å². The lowest BCUT2D eigenvalue weighted by atomic mass is 9.92. The first kappa shape index (κ1) is 29.5. The molecule has 1 aliphatic rings. The zero-order valence-corrected chi connectivity index (χ0v) is 20.5. The lowest BCUT2D eigenvalue weighted by Crippen LogP contribution is -2.21. The zero-order valence-electron chi connectivity index (χ0n) is 20.5. The Morgan fingerprint density at radius 3 is 2.38 bits per heavy atom. The largest absolute Gasteiger partial charge is 0.490 e. The molecule has 0 aliphatic carbocycles. The summed E-state index contributed by atoms with van der Waals surface area (Å²) in [6, 6.07) is 7.18. The summed E-state index contributed by atoms with van der Waals surface area (Å²) in [6.45, 7) is 0.945. The number of nitrogens with zero attached hydrogens (tertiary/aromatic N) is 3. The molecule has 2 aromatic heterocycles. The van der Waals surface area contributed by atoms with Crippen LogP contribution in [-0.2, 0) is 35.3 Å². The van der Waals surface area contributed by atoms with Crippen LogP contribution in [0.4, 0.5) is 27.8 Å². The van der Waals surface area contributed by atoms with Gasteiger partial charge in [0.2, 0.25) is 5.89 Å². The predicted molar refractivity (Wildman–Crippen MR) is 126 cm³/mol. The molecule has 39 heavy (non-hydrogen) atoms. The number of hydrogen-bond acceptors (Lipinski definition) is 7. The summed E-state index contributed by atoms with van der Waals surface area (Å²) in [5, 5.41) is 23.6. The molecule has 14 heteroatoms. The van der Waals surface area contributed by atoms with Crippen LogP contribution in [0.25, 0.3) is 0 Å². The van der Waals surface area contributed by atoms with Crippen LogP contribution in [0.2, 0.25) is 0 Å². The van der Waals surface area contributed by atoms with Crippen molar-refractivity contribution in [1.29, 1.82) is 0 Å². The number of benzene rings is 1. The van der Waals surface area contributed by atoms with Gasteiger partial charge in [0.05, 0.1) is 6.42 Å². The summed E-state index contributed by atoms with van der Waals surface area (Å²) < 4.78 is 64.2. The molecule has 0 amide bonds. The lowest BCUT2D eigenvalue weighted by Gasteiger charge is -2.17. The van der Waals surface area contributed by atoms with E-state index in [1.54, 1.807) is 0 Å². The molecule has 9 nitrogen and oxygen atoms in total. The summed E-state index contributed by atoms with van der Waals surface area (Å²) in [7, 11) is 0. The number of rotatable bonds is 9. The van der Waals surface area contributed by atoms with Crippen molar-refractivity contribution in [3.63, 3.8) is 0 Å². The molecule has 0 fully saturated rings. The number of carboxylic acids is 2. The highest BCUT2D eigenvalue weighted by molar-refractivity contribution is 5.73. The maximum absolute atomic E-state index is 13.6. The van der Waals surface area contributed by atoms with Crippen LogP contribution in [0.15, 0.2) is 34.9 Å². The van der Waals surface area contributed by atoms with Crippen molar-refractivity contribution in [2.75, 3.05) is 11.9 Å². The fourth-order valence-electron chi connectivity index (χ4n) is 3.95. The highest BCUT2D eigenvalue weighted by Gasteiger charge is 2.38. The number of aromatic nitrogens is 3. The van der Waals surface area contributed by atoms with Crippen molar-refractivity contribution in [3.05, 3.63) is 70.5 Å². The SMILES string of the molecule is O=C(O)C(F)(F)F.O=C(O)CC(Cc1nc(CCCc2ccc3c(n2)NCCC3)no1)c1cc(F)cc(F)c1. The average Bonchev–Trinajstić information content (AvgIpc) is 3.29. The van der Waals surface area contributed by atoms with E-state index in [4.69, 9.17) is 14.4 Å².